The molecule has 0 spiro atoms. The lowest BCUT2D eigenvalue weighted by Crippen LogP contribution is -2.06. The zero-order valence-electron chi connectivity index (χ0n) is 14.2. The van der Waals surface area contributed by atoms with Crippen molar-refractivity contribution in [1.82, 2.24) is 4.98 Å². The lowest BCUT2D eigenvalue weighted by Gasteiger charge is -2.11. The molecule has 126 valence electrons. The first-order chi connectivity index (χ1) is 12.2. The third-order valence-electron chi connectivity index (χ3n) is 3.95. The van der Waals surface area contributed by atoms with E-state index in [1.807, 2.05) is 55.5 Å². The Morgan fingerprint density at radius 2 is 1.76 bits per heavy atom. The minimum absolute atomic E-state index is 0.316. The van der Waals surface area contributed by atoms with Gasteiger partial charge in [-0.1, -0.05) is 18.2 Å². The van der Waals surface area contributed by atoms with Crippen molar-refractivity contribution < 1.29 is 14.3 Å². The van der Waals surface area contributed by atoms with Crippen LogP contribution >= 0.6 is 0 Å². The van der Waals surface area contributed by atoms with Crippen molar-refractivity contribution in [2.24, 2.45) is 0 Å². The van der Waals surface area contributed by atoms with Crippen LogP contribution in [0.15, 0.2) is 67.0 Å². The molecular weight excluding hydrogens is 314 g/mol. The summed E-state index contributed by atoms with van der Waals surface area (Å²) >= 11 is 0. The van der Waals surface area contributed by atoms with Gasteiger partial charge in [-0.3, -0.25) is 4.98 Å². The number of carbonyl (C=O) groups excluding carboxylic acids is 1. The number of aromatic nitrogens is 1. The molecule has 0 amide bonds. The van der Waals surface area contributed by atoms with Crippen LogP contribution in [0.25, 0.3) is 16.8 Å². The minimum atomic E-state index is -0.376. The molecule has 1 unspecified atom stereocenters. The van der Waals surface area contributed by atoms with Crippen molar-refractivity contribution >= 4 is 22.8 Å². The molecule has 4 heteroatoms. The molecule has 2 aromatic carbocycles. The van der Waals surface area contributed by atoms with Gasteiger partial charge in [-0.2, -0.15) is 0 Å². The van der Waals surface area contributed by atoms with Gasteiger partial charge >= 0.3 is 5.97 Å². The molecule has 0 aliphatic rings. The maximum Gasteiger partial charge on any atom is 0.331 e. The normalized spacial score (nSPS) is 12.2. The standard InChI is InChI=1S/C21H19NO3/c1-15(17-9-11-22-12-10-17)25-21(23)8-4-16-3-5-19-14-20(24-2)7-6-18(19)13-16/h3-15H,1-2H3/b8-4+. The maximum atomic E-state index is 12.0. The Kier molecular flexibility index (Phi) is 5.09. The Hall–Kier alpha value is -3.14. The summed E-state index contributed by atoms with van der Waals surface area (Å²) in [6.07, 6.45) is 6.25. The zero-order valence-corrected chi connectivity index (χ0v) is 14.2. The van der Waals surface area contributed by atoms with Crippen LogP contribution in [0.2, 0.25) is 0 Å². The van der Waals surface area contributed by atoms with Gasteiger partial charge in [0.2, 0.25) is 0 Å². The molecule has 0 radical (unpaired) electrons. The highest BCUT2D eigenvalue weighted by atomic mass is 16.5. The molecule has 0 aliphatic heterocycles. The smallest absolute Gasteiger partial charge is 0.331 e. The summed E-state index contributed by atoms with van der Waals surface area (Å²) in [6, 6.07) is 15.5. The molecular formula is C21H19NO3. The number of benzene rings is 2. The second kappa shape index (κ2) is 7.62. The second-order valence-electron chi connectivity index (χ2n) is 5.67. The van der Waals surface area contributed by atoms with E-state index in [-0.39, 0.29) is 12.1 Å². The van der Waals surface area contributed by atoms with Gasteiger partial charge in [0.15, 0.2) is 0 Å². The number of esters is 1. The molecule has 4 nitrogen and oxygen atoms in total. The average molecular weight is 333 g/mol. The summed E-state index contributed by atoms with van der Waals surface area (Å²) in [5.74, 6) is 0.448. The van der Waals surface area contributed by atoms with Gasteiger partial charge < -0.3 is 9.47 Å². The summed E-state index contributed by atoms with van der Waals surface area (Å²) in [4.78, 5) is 16.0. The number of methoxy groups -OCH3 is 1. The van der Waals surface area contributed by atoms with Crippen LogP contribution in [0.1, 0.15) is 24.2 Å². The van der Waals surface area contributed by atoms with Gasteiger partial charge in [0, 0.05) is 18.5 Å². The number of hydrogen-bond donors (Lipinski definition) is 0. The first-order valence-corrected chi connectivity index (χ1v) is 8.02. The zero-order chi connectivity index (χ0) is 17.6. The van der Waals surface area contributed by atoms with Gasteiger partial charge in [0.1, 0.15) is 11.9 Å². The maximum absolute atomic E-state index is 12.0. The lowest BCUT2D eigenvalue weighted by atomic mass is 10.1. The van der Waals surface area contributed by atoms with Crippen molar-refractivity contribution in [3.63, 3.8) is 0 Å². The van der Waals surface area contributed by atoms with Crippen LogP contribution in [0.4, 0.5) is 0 Å². The van der Waals surface area contributed by atoms with Crippen LogP contribution in [0.5, 0.6) is 5.75 Å². The minimum Gasteiger partial charge on any atom is -0.497 e. The van der Waals surface area contributed by atoms with Gasteiger partial charge in [0.25, 0.3) is 0 Å². The van der Waals surface area contributed by atoms with Crippen LogP contribution in [0.3, 0.4) is 0 Å². The predicted octanol–water partition coefficient (Wildman–Crippen LogP) is 4.56. The van der Waals surface area contributed by atoms with E-state index in [4.69, 9.17) is 9.47 Å². The quantitative estimate of drug-likeness (QED) is 0.507. The molecule has 25 heavy (non-hydrogen) atoms. The first-order valence-electron chi connectivity index (χ1n) is 8.02. The molecule has 0 N–H and O–H groups in total. The summed E-state index contributed by atoms with van der Waals surface area (Å²) < 4.78 is 10.6. The number of ether oxygens (including phenoxy) is 2. The van der Waals surface area contributed by atoms with Crippen LogP contribution < -0.4 is 4.74 Å². The van der Waals surface area contributed by atoms with Crippen LogP contribution in [0, 0.1) is 0 Å². The highest BCUT2D eigenvalue weighted by Gasteiger charge is 2.09. The van der Waals surface area contributed by atoms with Gasteiger partial charge in [-0.15, -0.1) is 0 Å². The highest BCUT2D eigenvalue weighted by molar-refractivity contribution is 5.90. The van der Waals surface area contributed by atoms with Crippen molar-refractivity contribution in [1.29, 1.82) is 0 Å². The fraction of sp³-hybridized carbons (Fsp3) is 0.143. The van der Waals surface area contributed by atoms with Crippen LogP contribution in [-0.4, -0.2) is 18.1 Å². The fourth-order valence-corrected chi connectivity index (χ4v) is 2.55. The van der Waals surface area contributed by atoms with E-state index in [2.05, 4.69) is 4.98 Å². The topological polar surface area (TPSA) is 48.4 Å². The molecule has 0 aliphatic carbocycles. The van der Waals surface area contributed by atoms with E-state index in [1.165, 1.54) is 6.08 Å². The van der Waals surface area contributed by atoms with E-state index >= 15 is 0 Å². The van der Waals surface area contributed by atoms with Gasteiger partial charge in [-0.25, -0.2) is 4.79 Å². The number of nitrogens with zero attached hydrogens (tertiary/aromatic N) is 1. The summed E-state index contributed by atoms with van der Waals surface area (Å²) in [7, 11) is 1.65. The van der Waals surface area contributed by atoms with Crippen molar-refractivity contribution in [3.8, 4) is 5.75 Å². The second-order valence-corrected chi connectivity index (χ2v) is 5.67. The number of carbonyl (C=O) groups is 1. The van der Waals surface area contributed by atoms with Crippen molar-refractivity contribution in [2.45, 2.75) is 13.0 Å². The Morgan fingerprint density at radius 3 is 2.52 bits per heavy atom. The molecule has 1 heterocycles. The molecule has 3 rings (SSSR count). The van der Waals surface area contributed by atoms with Crippen LogP contribution in [-0.2, 0) is 9.53 Å². The number of pyridine rings is 1. The Bertz CT molecular complexity index is 903. The average Bonchev–Trinajstić information content (AvgIpc) is 2.66. The van der Waals surface area contributed by atoms with E-state index in [9.17, 15) is 4.79 Å². The van der Waals surface area contributed by atoms with E-state index in [1.54, 1.807) is 25.6 Å². The number of hydrogen-bond acceptors (Lipinski definition) is 4. The summed E-state index contributed by atoms with van der Waals surface area (Å²) in [6.45, 7) is 1.84. The lowest BCUT2D eigenvalue weighted by molar-refractivity contribution is -0.142. The summed E-state index contributed by atoms with van der Waals surface area (Å²) in [5, 5.41) is 2.17. The molecule has 3 aromatic rings. The molecule has 0 fully saturated rings. The number of fused-ring (bicyclic) bond motifs is 1. The monoisotopic (exact) mass is 333 g/mol. The molecule has 1 aromatic heterocycles. The Labute approximate surface area is 146 Å². The predicted molar refractivity (Wildman–Crippen MR) is 98.3 cm³/mol. The third kappa shape index (κ3) is 4.23. The van der Waals surface area contributed by atoms with E-state index in [0.717, 1.165) is 27.6 Å². The van der Waals surface area contributed by atoms with E-state index in [0.29, 0.717) is 0 Å². The molecule has 1 atom stereocenters. The van der Waals surface area contributed by atoms with Gasteiger partial charge in [-0.05, 0) is 65.2 Å². The van der Waals surface area contributed by atoms with Gasteiger partial charge in [0.05, 0.1) is 7.11 Å². The number of rotatable bonds is 5. The third-order valence-corrected chi connectivity index (χ3v) is 3.95. The largest absolute Gasteiger partial charge is 0.497 e. The molecule has 0 saturated carbocycles. The van der Waals surface area contributed by atoms with E-state index < -0.39 is 0 Å². The Morgan fingerprint density at radius 1 is 1.04 bits per heavy atom. The first kappa shape index (κ1) is 16.7. The highest BCUT2D eigenvalue weighted by Crippen LogP contribution is 2.22. The van der Waals surface area contributed by atoms with Crippen molar-refractivity contribution in [2.75, 3.05) is 7.11 Å². The SMILES string of the molecule is COc1ccc2cc(/C=C/C(=O)OC(C)c3ccncc3)ccc2c1. The molecule has 0 saturated heterocycles. The molecule has 0 bridgehead atoms. The Balaban J connectivity index is 1.68. The summed E-state index contributed by atoms with van der Waals surface area (Å²) in [5.41, 5.74) is 1.85. The fourth-order valence-electron chi connectivity index (χ4n) is 2.55. The van der Waals surface area contributed by atoms with Crippen molar-refractivity contribution in [3.05, 3.63) is 78.1 Å².